The van der Waals surface area contributed by atoms with Gasteiger partial charge < -0.3 is 9.47 Å². The van der Waals surface area contributed by atoms with Gasteiger partial charge in [-0.05, 0) is 77.7 Å². The standard InChI is InChI=1S/C46H46N2O2/c1-2-35-25-29-38(30-26-35)49-33-17-8-6-4-3-5-7-9-18-34-50-39-31-27-36(28-32-39)46-47-44-42-23-15-13-21-40(42)41-22-14-16-24-43(41)45(44)48(46)37-19-11-10-12-20-37/h2,10-16,19-32H,1,3-9,17-18,33-34H2. The molecule has 0 unspecified atom stereocenters. The lowest BCUT2D eigenvalue weighted by molar-refractivity contribution is 0.302. The highest BCUT2D eigenvalue weighted by molar-refractivity contribution is 6.24. The average molecular weight is 659 g/mol. The summed E-state index contributed by atoms with van der Waals surface area (Å²) in [5.41, 5.74) is 5.45. The van der Waals surface area contributed by atoms with E-state index in [0.29, 0.717) is 0 Å². The number of hydrogen-bond donors (Lipinski definition) is 0. The monoisotopic (exact) mass is 658 g/mol. The molecule has 0 radical (unpaired) electrons. The maximum absolute atomic E-state index is 6.17. The van der Waals surface area contributed by atoms with E-state index in [-0.39, 0.29) is 0 Å². The number of rotatable bonds is 17. The van der Waals surface area contributed by atoms with Gasteiger partial charge in [0, 0.05) is 22.0 Å². The van der Waals surface area contributed by atoms with Crippen LogP contribution in [0.4, 0.5) is 0 Å². The predicted molar refractivity (Wildman–Crippen MR) is 211 cm³/mol. The summed E-state index contributed by atoms with van der Waals surface area (Å²) in [6.45, 7) is 5.33. The smallest absolute Gasteiger partial charge is 0.145 e. The molecule has 0 aliphatic rings. The minimum absolute atomic E-state index is 0.746. The molecule has 7 aromatic rings. The van der Waals surface area contributed by atoms with Crippen molar-refractivity contribution in [3.8, 4) is 28.6 Å². The van der Waals surface area contributed by atoms with Gasteiger partial charge in [-0.15, -0.1) is 0 Å². The maximum Gasteiger partial charge on any atom is 0.145 e. The van der Waals surface area contributed by atoms with Gasteiger partial charge in [-0.25, -0.2) is 4.98 Å². The van der Waals surface area contributed by atoms with Crippen LogP contribution in [-0.4, -0.2) is 22.8 Å². The minimum atomic E-state index is 0.746. The van der Waals surface area contributed by atoms with Crippen LogP contribution in [-0.2, 0) is 0 Å². The lowest BCUT2D eigenvalue weighted by Gasteiger charge is -2.13. The highest BCUT2D eigenvalue weighted by Crippen LogP contribution is 2.39. The number of unbranched alkanes of at least 4 members (excludes halogenated alkanes) is 8. The zero-order chi connectivity index (χ0) is 34.0. The van der Waals surface area contributed by atoms with Crippen LogP contribution >= 0.6 is 0 Å². The second-order valence-electron chi connectivity index (χ2n) is 13.1. The molecule has 0 spiro atoms. The van der Waals surface area contributed by atoms with Crippen LogP contribution in [0.2, 0.25) is 0 Å². The van der Waals surface area contributed by atoms with E-state index in [9.17, 15) is 0 Å². The Labute approximate surface area is 296 Å². The molecule has 0 fully saturated rings. The molecule has 0 N–H and O–H groups in total. The molecule has 50 heavy (non-hydrogen) atoms. The van der Waals surface area contributed by atoms with Gasteiger partial charge >= 0.3 is 0 Å². The molecule has 0 aliphatic carbocycles. The Morgan fingerprint density at radius 1 is 0.500 bits per heavy atom. The number of ether oxygens (including phenoxy) is 2. The van der Waals surface area contributed by atoms with Gasteiger partial charge in [0.1, 0.15) is 17.3 Å². The van der Waals surface area contributed by atoms with Gasteiger partial charge in [-0.3, -0.25) is 4.57 Å². The highest BCUT2D eigenvalue weighted by Gasteiger charge is 2.19. The average Bonchev–Trinajstić information content (AvgIpc) is 3.59. The van der Waals surface area contributed by atoms with E-state index in [1.165, 1.54) is 66.5 Å². The first-order chi connectivity index (χ1) is 24.8. The lowest BCUT2D eigenvalue weighted by atomic mass is 10.00. The van der Waals surface area contributed by atoms with E-state index in [0.717, 1.165) is 71.2 Å². The fourth-order valence-corrected chi connectivity index (χ4v) is 6.95. The van der Waals surface area contributed by atoms with E-state index in [1.807, 2.05) is 30.3 Å². The third kappa shape index (κ3) is 7.60. The zero-order valence-corrected chi connectivity index (χ0v) is 28.9. The highest BCUT2D eigenvalue weighted by atomic mass is 16.5. The van der Waals surface area contributed by atoms with Gasteiger partial charge in [0.2, 0.25) is 0 Å². The molecular weight excluding hydrogens is 613 g/mol. The van der Waals surface area contributed by atoms with E-state index >= 15 is 0 Å². The Bertz CT molecular complexity index is 2150. The number of aromatic nitrogens is 2. The molecule has 0 amide bonds. The molecule has 0 atom stereocenters. The minimum Gasteiger partial charge on any atom is -0.494 e. The Balaban J connectivity index is 0.901. The zero-order valence-electron chi connectivity index (χ0n) is 28.9. The van der Waals surface area contributed by atoms with Crippen molar-refractivity contribution in [1.82, 2.24) is 9.55 Å². The molecular formula is C46H46N2O2. The number of fused-ring (bicyclic) bond motifs is 6. The predicted octanol–water partition coefficient (Wildman–Crippen LogP) is 12.6. The molecule has 4 heteroatoms. The molecule has 0 bridgehead atoms. The van der Waals surface area contributed by atoms with Crippen LogP contribution in [0.1, 0.15) is 63.4 Å². The SMILES string of the molecule is C=Cc1ccc(OCCCCCCCCCCCOc2ccc(-c3nc4c5ccccc5c5ccccc5c4n3-c3ccccc3)cc2)cc1. The first-order valence-electron chi connectivity index (χ1n) is 18.3. The fraction of sp³-hybridized carbons (Fsp3) is 0.239. The Kier molecular flexibility index (Phi) is 10.9. The topological polar surface area (TPSA) is 36.3 Å². The van der Waals surface area contributed by atoms with Crippen LogP contribution < -0.4 is 9.47 Å². The summed E-state index contributed by atoms with van der Waals surface area (Å²) in [5, 5.41) is 4.85. The molecule has 0 aliphatic heterocycles. The molecule has 1 aromatic heterocycles. The van der Waals surface area contributed by atoms with Gasteiger partial charge in [-0.1, -0.05) is 136 Å². The number of imidazole rings is 1. The van der Waals surface area contributed by atoms with Crippen molar-refractivity contribution in [1.29, 1.82) is 0 Å². The first-order valence-corrected chi connectivity index (χ1v) is 18.3. The molecule has 0 saturated heterocycles. The molecule has 7 rings (SSSR count). The largest absolute Gasteiger partial charge is 0.494 e. The third-order valence-electron chi connectivity index (χ3n) is 9.60. The van der Waals surface area contributed by atoms with Crippen LogP contribution in [0.25, 0.3) is 55.7 Å². The normalized spacial score (nSPS) is 11.4. The second-order valence-corrected chi connectivity index (χ2v) is 13.1. The van der Waals surface area contributed by atoms with Crippen LogP contribution in [0.3, 0.4) is 0 Å². The van der Waals surface area contributed by atoms with Crippen molar-refractivity contribution in [2.24, 2.45) is 0 Å². The fourth-order valence-electron chi connectivity index (χ4n) is 6.95. The van der Waals surface area contributed by atoms with Gasteiger partial charge in [0.25, 0.3) is 0 Å². The number of nitrogens with zero attached hydrogens (tertiary/aromatic N) is 2. The summed E-state index contributed by atoms with van der Waals surface area (Å²) in [7, 11) is 0. The van der Waals surface area contributed by atoms with Crippen molar-refractivity contribution >= 4 is 38.7 Å². The van der Waals surface area contributed by atoms with Gasteiger partial charge in [-0.2, -0.15) is 0 Å². The number of para-hydroxylation sites is 1. The van der Waals surface area contributed by atoms with Crippen molar-refractivity contribution < 1.29 is 9.47 Å². The summed E-state index contributed by atoms with van der Waals surface area (Å²) < 4.78 is 14.3. The summed E-state index contributed by atoms with van der Waals surface area (Å²) >= 11 is 0. The maximum atomic E-state index is 6.17. The summed E-state index contributed by atoms with van der Waals surface area (Å²) in [4.78, 5) is 5.33. The van der Waals surface area contributed by atoms with Crippen molar-refractivity contribution in [3.63, 3.8) is 0 Å². The quantitative estimate of drug-likeness (QED) is 0.0722. The Hall–Kier alpha value is -5.35. The molecule has 1 heterocycles. The van der Waals surface area contributed by atoms with Crippen LogP contribution in [0, 0.1) is 0 Å². The van der Waals surface area contributed by atoms with Gasteiger partial charge in [0.05, 0.1) is 24.2 Å². The van der Waals surface area contributed by atoms with Crippen LogP contribution in [0.15, 0.2) is 134 Å². The molecule has 252 valence electrons. The summed E-state index contributed by atoms with van der Waals surface area (Å²) in [6, 6.07) is 44.5. The summed E-state index contributed by atoms with van der Waals surface area (Å²) in [6.07, 6.45) is 13.0. The Morgan fingerprint density at radius 2 is 0.980 bits per heavy atom. The molecule has 4 nitrogen and oxygen atoms in total. The number of hydrogen-bond acceptors (Lipinski definition) is 3. The number of benzene rings is 6. The lowest BCUT2D eigenvalue weighted by Crippen LogP contribution is -1.99. The van der Waals surface area contributed by atoms with Gasteiger partial charge in [0.15, 0.2) is 0 Å². The van der Waals surface area contributed by atoms with Crippen molar-refractivity contribution in [2.45, 2.75) is 57.8 Å². The van der Waals surface area contributed by atoms with E-state index < -0.39 is 0 Å². The van der Waals surface area contributed by atoms with Crippen molar-refractivity contribution in [3.05, 3.63) is 140 Å². The van der Waals surface area contributed by atoms with E-state index in [1.54, 1.807) is 0 Å². The summed E-state index contributed by atoms with van der Waals surface area (Å²) in [5.74, 6) is 2.78. The Morgan fingerprint density at radius 3 is 1.56 bits per heavy atom. The van der Waals surface area contributed by atoms with Crippen molar-refractivity contribution in [2.75, 3.05) is 13.2 Å². The first kappa shape index (κ1) is 33.2. The van der Waals surface area contributed by atoms with E-state index in [2.05, 4.69) is 114 Å². The van der Waals surface area contributed by atoms with E-state index in [4.69, 9.17) is 14.5 Å². The second kappa shape index (κ2) is 16.4. The third-order valence-corrected chi connectivity index (χ3v) is 9.60. The molecule has 0 saturated carbocycles. The van der Waals surface area contributed by atoms with Crippen LogP contribution in [0.5, 0.6) is 11.5 Å². The molecule has 6 aromatic carbocycles.